The van der Waals surface area contributed by atoms with Crippen molar-refractivity contribution in [3.8, 4) is 0 Å². The van der Waals surface area contributed by atoms with Gasteiger partial charge in [-0.05, 0) is 38.1 Å². The van der Waals surface area contributed by atoms with Crippen LogP contribution >= 0.6 is 0 Å². The number of hydrogen-bond acceptors (Lipinski definition) is 5. The second-order valence-corrected chi connectivity index (χ2v) is 6.33. The van der Waals surface area contributed by atoms with Crippen molar-refractivity contribution in [2.45, 2.75) is 17.9 Å². The van der Waals surface area contributed by atoms with Crippen LogP contribution in [0.1, 0.15) is 23.4 Å². The molecule has 100 valence electrons. The molecule has 1 N–H and O–H groups in total. The van der Waals surface area contributed by atoms with E-state index in [1.807, 2.05) is 0 Å². The van der Waals surface area contributed by atoms with Gasteiger partial charge in [0, 0.05) is 6.54 Å². The second-order valence-electron chi connectivity index (χ2n) is 4.29. The third kappa shape index (κ3) is 2.91. The van der Waals surface area contributed by atoms with Crippen LogP contribution in [0.4, 0.5) is 0 Å². The third-order valence-corrected chi connectivity index (χ3v) is 4.53. The Bertz CT molecular complexity index is 527. The van der Waals surface area contributed by atoms with Crippen LogP contribution < -0.4 is 0 Å². The van der Waals surface area contributed by atoms with Crippen LogP contribution in [-0.4, -0.2) is 49.8 Å². The zero-order chi connectivity index (χ0) is 13.2. The van der Waals surface area contributed by atoms with E-state index in [1.54, 1.807) is 0 Å². The molecule has 0 radical (unpaired) electrons. The number of aromatic carboxylic acids is 1. The fraction of sp³-hybridized carbons (Fsp3) is 0.545. The lowest BCUT2D eigenvalue weighted by atomic mass is 10.4. The van der Waals surface area contributed by atoms with Crippen LogP contribution in [0.5, 0.6) is 0 Å². The minimum absolute atomic E-state index is 0.0421. The summed E-state index contributed by atoms with van der Waals surface area (Å²) in [6, 6.07) is 2.35. The number of nitrogens with zero attached hydrogens (tertiary/aromatic N) is 1. The summed E-state index contributed by atoms with van der Waals surface area (Å²) in [5.41, 5.74) is 0. The monoisotopic (exact) mass is 273 g/mol. The lowest BCUT2D eigenvalue weighted by molar-refractivity contribution is 0.0656. The molecule has 1 aromatic heterocycles. The van der Waals surface area contributed by atoms with Gasteiger partial charge in [-0.3, -0.25) is 0 Å². The average Bonchev–Trinajstić information content (AvgIpc) is 2.98. The van der Waals surface area contributed by atoms with Gasteiger partial charge in [0.05, 0.1) is 5.75 Å². The van der Waals surface area contributed by atoms with E-state index in [4.69, 9.17) is 9.52 Å². The van der Waals surface area contributed by atoms with Crippen molar-refractivity contribution in [1.82, 2.24) is 4.90 Å². The molecule has 18 heavy (non-hydrogen) atoms. The molecule has 1 aromatic rings. The van der Waals surface area contributed by atoms with Gasteiger partial charge in [0.1, 0.15) is 0 Å². The molecule has 0 unspecified atom stereocenters. The van der Waals surface area contributed by atoms with Crippen molar-refractivity contribution in [3.63, 3.8) is 0 Å². The minimum atomic E-state index is -3.53. The van der Waals surface area contributed by atoms with E-state index in [0.29, 0.717) is 6.54 Å². The Balaban J connectivity index is 2.02. The van der Waals surface area contributed by atoms with E-state index < -0.39 is 15.8 Å². The zero-order valence-corrected chi connectivity index (χ0v) is 10.6. The Hall–Kier alpha value is -1.34. The van der Waals surface area contributed by atoms with Crippen molar-refractivity contribution in [2.75, 3.05) is 25.4 Å². The first-order chi connectivity index (χ1) is 8.49. The molecule has 0 aromatic carbocycles. The number of rotatable bonds is 5. The van der Waals surface area contributed by atoms with Crippen LogP contribution in [0.3, 0.4) is 0 Å². The summed E-state index contributed by atoms with van der Waals surface area (Å²) >= 11 is 0. The molecule has 0 spiro atoms. The molecule has 6 nitrogen and oxygen atoms in total. The van der Waals surface area contributed by atoms with Crippen LogP contribution in [-0.2, 0) is 9.84 Å². The maximum Gasteiger partial charge on any atom is 0.371 e. The van der Waals surface area contributed by atoms with Crippen LogP contribution in [0, 0.1) is 0 Å². The summed E-state index contributed by atoms with van der Waals surface area (Å²) in [5.74, 6) is -1.66. The highest BCUT2D eigenvalue weighted by Gasteiger charge is 2.22. The molecule has 0 saturated carbocycles. The maximum absolute atomic E-state index is 11.9. The van der Waals surface area contributed by atoms with Crippen molar-refractivity contribution >= 4 is 15.8 Å². The second kappa shape index (κ2) is 5.11. The zero-order valence-electron chi connectivity index (χ0n) is 9.83. The highest BCUT2D eigenvalue weighted by atomic mass is 32.2. The Labute approximate surface area is 105 Å². The molecule has 0 atom stereocenters. The maximum atomic E-state index is 11.9. The number of sulfone groups is 1. The quantitative estimate of drug-likeness (QED) is 0.855. The summed E-state index contributed by atoms with van der Waals surface area (Å²) < 4.78 is 28.6. The summed E-state index contributed by atoms with van der Waals surface area (Å²) in [5, 5.41) is 8.40. The lowest BCUT2D eigenvalue weighted by Crippen LogP contribution is -2.26. The molecule has 1 aliphatic rings. The van der Waals surface area contributed by atoms with Crippen molar-refractivity contribution in [1.29, 1.82) is 0 Å². The number of likely N-dealkylation sites (tertiary alicyclic amines) is 1. The van der Waals surface area contributed by atoms with E-state index >= 15 is 0 Å². The van der Waals surface area contributed by atoms with E-state index in [-0.39, 0.29) is 16.6 Å². The van der Waals surface area contributed by atoms with E-state index in [1.165, 1.54) is 6.07 Å². The summed E-state index contributed by atoms with van der Waals surface area (Å²) in [4.78, 5) is 12.7. The van der Waals surface area contributed by atoms with Gasteiger partial charge in [0.25, 0.3) is 0 Å². The number of hydrogen-bond donors (Lipinski definition) is 1. The molecule has 0 amide bonds. The molecule has 2 heterocycles. The smallest absolute Gasteiger partial charge is 0.371 e. The first-order valence-electron chi connectivity index (χ1n) is 5.77. The predicted octanol–water partition coefficient (Wildman–Crippen LogP) is 0.847. The SMILES string of the molecule is O=C(O)c1ccc(S(=O)(=O)CCN2CCCC2)o1. The molecule has 1 fully saturated rings. The standard InChI is InChI=1S/C11H15NO5S/c13-11(14)9-3-4-10(17-9)18(15,16)8-7-12-5-1-2-6-12/h3-4H,1-2,5-8H2,(H,13,14). The van der Waals surface area contributed by atoms with Crippen LogP contribution in [0.15, 0.2) is 21.6 Å². The van der Waals surface area contributed by atoms with Crippen LogP contribution in [0.2, 0.25) is 0 Å². The number of carboxylic acid groups (broad SMARTS) is 1. The molecular formula is C11H15NO5S. The molecular weight excluding hydrogens is 258 g/mol. The number of carboxylic acids is 1. The Kier molecular flexibility index (Phi) is 3.72. The fourth-order valence-corrected chi connectivity index (χ4v) is 3.15. The van der Waals surface area contributed by atoms with Crippen LogP contribution in [0.25, 0.3) is 0 Å². The van der Waals surface area contributed by atoms with E-state index in [2.05, 4.69) is 4.90 Å². The van der Waals surface area contributed by atoms with Gasteiger partial charge in [0.2, 0.25) is 20.7 Å². The summed E-state index contributed by atoms with van der Waals surface area (Å²) in [6.45, 7) is 2.31. The van der Waals surface area contributed by atoms with Gasteiger partial charge < -0.3 is 14.4 Å². The van der Waals surface area contributed by atoms with Crippen molar-refractivity contribution < 1.29 is 22.7 Å². The van der Waals surface area contributed by atoms with Gasteiger partial charge in [-0.2, -0.15) is 0 Å². The van der Waals surface area contributed by atoms with E-state index in [0.717, 1.165) is 32.0 Å². The highest BCUT2D eigenvalue weighted by Crippen LogP contribution is 2.16. The first kappa shape index (κ1) is 13.1. The molecule has 7 heteroatoms. The van der Waals surface area contributed by atoms with Crippen molar-refractivity contribution in [3.05, 3.63) is 17.9 Å². The Morgan fingerprint density at radius 1 is 1.33 bits per heavy atom. The predicted molar refractivity (Wildman–Crippen MR) is 63.4 cm³/mol. The average molecular weight is 273 g/mol. The number of carbonyl (C=O) groups is 1. The molecule has 0 bridgehead atoms. The highest BCUT2D eigenvalue weighted by molar-refractivity contribution is 7.91. The molecule has 0 aliphatic carbocycles. The minimum Gasteiger partial charge on any atom is -0.475 e. The largest absolute Gasteiger partial charge is 0.475 e. The van der Waals surface area contributed by atoms with Gasteiger partial charge in [0.15, 0.2) is 0 Å². The van der Waals surface area contributed by atoms with Gasteiger partial charge in [-0.1, -0.05) is 0 Å². The van der Waals surface area contributed by atoms with Gasteiger partial charge in [-0.25, -0.2) is 13.2 Å². The van der Waals surface area contributed by atoms with E-state index in [9.17, 15) is 13.2 Å². The summed E-state index contributed by atoms with van der Waals surface area (Å²) in [7, 11) is -3.53. The topological polar surface area (TPSA) is 87.8 Å². The van der Waals surface area contributed by atoms with Gasteiger partial charge in [-0.15, -0.1) is 0 Å². The summed E-state index contributed by atoms with van der Waals surface area (Å²) in [6.07, 6.45) is 2.20. The third-order valence-electron chi connectivity index (χ3n) is 2.97. The fourth-order valence-electron chi connectivity index (χ4n) is 1.96. The number of furan rings is 1. The van der Waals surface area contributed by atoms with Crippen molar-refractivity contribution in [2.24, 2.45) is 0 Å². The molecule has 1 saturated heterocycles. The molecule has 2 rings (SSSR count). The normalized spacial score (nSPS) is 17.1. The molecule has 1 aliphatic heterocycles. The van der Waals surface area contributed by atoms with Gasteiger partial charge >= 0.3 is 5.97 Å². The lowest BCUT2D eigenvalue weighted by Gasteiger charge is -2.13. The Morgan fingerprint density at radius 3 is 2.56 bits per heavy atom. The Morgan fingerprint density at radius 2 is 2.00 bits per heavy atom. The first-order valence-corrected chi connectivity index (χ1v) is 7.42.